The fraction of sp³-hybridized carbons (Fsp3) is 0.320. The minimum atomic E-state index is -0.252. The van der Waals surface area contributed by atoms with E-state index in [4.69, 9.17) is 9.97 Å². The number of rotatable bonds is 6. The van der Waals surface area contributed by atoms with E-state index in [-0.39, 0.29) is 11.2 Å². The van der Waals surface area contributed by atoms with Crippen LogP contribution in [0.4, 0.5) is 0 Å². The van der Waals surface area contributed by atoms with E-state index in [1.807, 2.05) is 49.4 Å². The molecule has 1 unspecified atom stereocenters. The highest BCUT2D eigenvalue weighted by Crippen LogP contribution is 2.30. The second kappa shape index (κ2) is 8.71. The van der Waals surface area contributed by atoms with E-state index in [0.717, 1.165) is 39.2 Å². The Kier molecular flexibility index (Phi) is 5.64. The van der Waals surface area contributed by atoms with Crippen molar-refractivity contribution in [2.24, 2.45) is 0 Å². The number of carbonyl (C=O) groups is 1. The fourth-order valence-corrected chi connectivity index (χ4v) is 5.17. The van der Waals surface area contributed by atoms with Crippen molar-refractivity contribution in [3.63, 3.8) is 0 Å². The molecular weight excluding hydrogens is 404 g/mol. The zero-order chi connectivity index (χ0) is 21.2. The first-order chi connectivity index (χ1) is 15.2. The number of carbonyl (C=O) groups excluding carboxylic acids is 1. The molecule has 0 saturated heterocycles. The lowest BCUT2D eigenvalue weighted by atomic mass is 9.97. The number of amides is 1. The highest BCUT2D eigenvalue weighted by molar-refractivity contribution is 8.00. The van der Waals surface area contributed by atoms with E-state index in [1.54, 1.807) is 0 Å². The van der Waals surface area contributed by atoms with Gasteiger partial charge in [0.25, 0.3) is 0 Å². The average Bonchev–Trinajstić information content (AvgIpc) is 3.20. The molecule has 6 heteroatoms. The van der Waals surface area contributed by atoms with Gasteiger partial charge in [0.2, 0.25) is 5.91 Å². The van der Waals surface area contributed by atoms with E-state index in [1.165, 1.54) is 43.0 Å². The van der Waals surface area contributed by atoms with Crippen LogP contribution >= 0.6 is 11.8 Å². The number of nitrogens with zero attached hydrogens (tertiary/aromatic N) is 3. The van der Waals surface area contributed by atoms with Crippen molar-refractivity contribution < 1.29 is 4.79 Å². The quantitative estimate of drug-likeness (QED) is 0.248. The molecule has 0 aliphatic heterocycles. The summed E-state index contributed by atoms with van der Waals surface area (Å²) in [5, 5.41) is 4.67. The topological polar surface area (TPSA) is 59.3 Å². The van der Waals surface area contributed by atoms with Crippen LogP contribution in [0.15, 0.2) is 65.3 Å². The molecule has 1 aliphatic carbocycles. The van der Waals surface area contributed by atoms with E-state index >= 15 is 0 Å². The van der Waals surface area contributed by atoms with Gasteiger partial charge in [0.1, 0.15) is 5.65 Å². The Hall–Kier alpha value is -2.86. The van der Waals surface area contributed by atoms with Gasteiger partial charge in [-0.1, -0.05) is 47.7 Å². The fourth-order valence-electron chi connectivity index (χ4n) is 4.23. The summed E-state index contributed by atoms with van der Waals surface area (Å²) >= 11 is 1.49. The first-order valence-corrected chi connectivity index (χ1v) is 11.9. The average molecular weight is 431 g/mol. The molecule has 1 atom stereocenters. The second-order valence-electron chi connectivity index (χ2n) is 8.08. The first kappa shape index (κ1) is 20.1. The van der Waals surface area contributed by atoms with E-state index in [9.17, 15) is 4.79 Å². The Morgan fingerprint density at radius 3 is 2.74 bits per heavy atom. The van der Waals surface area contributed by atoms with E-state index < -0.39 is 0 Å². The molecule has 2 aromatic carbocycles. The lowest BCUT2D eigenvalue weighted by Gasteiger charge is -2.15. The van der Waals surface area contributed by atoms with Gasteiger partial charge in [0, 0.05) is 11.9 Å². The van der Waals surface area contributed by atoms with Crippen LogP contribution in [0.1, 0.15) is 39.0 Å². The Morgan fingerprint density at radius 2 is 1.90 bits per heavy atom. The smallest absolute Gasteiger partial charge is 0.233 e. The standard InChI is InChI=1S/C25H26N4OS/c1-17(24(30)26-16-15-18-9-3-2-4-10-18)31-25-28-20-12-6-5-11-19(20)23-27-21-13-7-8-14-22(21)29(23)25/h5-9,11-14,17H,2-4,10,15-16H2,1H3,(H,26,30). The molecule has 0 fully saturated rings. The molecule has 0 spiro atoms. The first-order valence-electron chi connectivity index (χ1n) is 11.0. The van der Waals surface area contributed by atoms with Crippen LogP contribution in [0.2, 0.25) is 0 Å². The molecule has 1 aliphatic rings. The summed E-state index contributed by atoms with van der Waals surface area (Å²) in [6, 6.07) is 16.1. The van der Waals surface area contributed by atoms with Gasteiger partial charge in [-0.2, -0.15) is 0 Å². The molecule has 0 bridgehead atoms. The summed E-state index contributed by atoms with van der Waals surface area (Å²) in [6.07, 6.45) is 8.21. The monoisotopic (exact) mass is 430 g/mol. The summed E-state index contributed by atoms with van der Waals surface area (Å²) in [7, 11) is 0. The Labute approximate surface area is 186 Å². The minimum Gasteiger partial charge on any atom is -0.355 e. The normalized spacial score (nSPS) is 15.3. The molecule has 2 aromatic heterocycles. The van der Waals surface area contributed by atoms with Gasteiger partial charge in [-0.05, 0) is 63.3 Å². The third-order valence-corrected chi connectivity index (χ3v) is 6.95. The third-order valence-electron chi connectivity index (χ3n) is 5.89. The van der Waals surface area contributed by atoms with Gasteiger partial charge in [-0.15, -0.1) is 0 Å². The number of allylic oxidation sites excluding steroid dienone is 1. The van der Waals surface area contributed by atoms with Crippen molar-refractivity contribution in [1.82, 2.24) is 19.7 Å². The Balaban J connectivity index is 1.41. The van der Waals surface area contributed by atoms with E-state index in [0.29, 0.717) is 6.54 Å². The van der Waals surface area contributed by atoms with Crippen molar-refractivity contribution in [2.75, 3.05) is 6.54 Å². The molecule has 1 N–H and O–H groups in total. The molecule has 2 heterocycles. The maximum Gasteiger partial charge on any atom is 0.233 e. The van der Waals surface area contributed by atoms with Crippen molar-refractivity contribution in [3.8, 4) is 0 Å². The van der Waals surface area contributed by atoms with Crippen LogP contribution in [0, 0.1) is 0 Å². The predicted molar refractivity (Wildman–Crippen MR) is 127 cm³/mol. The van der Waals surface area contributed by atoms with Crippen LogP contribution < -0.4 is 5.32 Å². The zero-order valence-electron chi connectivity index (χ0n) is 17.7. The molecule has 1 amide bonds. The molecule has 31 heavy (non-hydrogen) atoms. The predicted octanol–water partition coefficient (Wildman–Crippen LogP) is 5.52. The second-order valence-corrected chi connectivity index (χ2v) is 9.39. The van der Waals surface area contributed by atoms with Gasteiger partial charge in [0.15, 0.2) is 5.16 Å². The van der Waals surface area contributed by atoms with Gasteiger partial charge >= 0.3 is 0 Å². The largest absolute Gasteiger partial charge is 0.355 e. The SMILES string of the molecule is CC(Sc1nc2ccccc2c2nc3ccccc3n12)C(=O)NCCC1=CCCCC1. The number of benzene rings is 2. The number of nitrogens with one attached hydrogen (secondary N) is 1. The number of hydrogen-bond acceptors (Lipinski definition) is 4. The number of aromatic nitrogens is 3. The van der Waals surface area contributed by atoms with Crippen molar-refractivity contribution in [1.29, 1.82) is 0 Å². The lowest BCUT2D eigenvalue weighted by Crippen LogP contribution is -2.32. The number of fused-ring (bicyclic) bond motifs is 5. The maximum absolute atomic E-state index is 12.8. The van der Waals surface area contributed by atoms with Gasteiger partial charge in [0.05, 0.1) is 21.8 Å². The molecule has 0 radical (unpaired) electrons. The van der Waals surface area contributed by atoms with Crippen molar-refractivity contribution in [2.45, 2.75) is 49.4 Å². The highest BCUT2D eigenvalue weighted by Gasteiger charge is 2.20. The number of thioether (sulfide) groups is 1. The zero-order valence-corrected chi connectivity index (χ0v) is 18.5. The van der Waals surface area contributed by atoms with Gasteiger partial charge < -0.3 is 5.32 Å². The highest BCUT2D eigenvalue weighted by atomic mass is 32.2. The number of hydrogen-bond donors (Lipinski definition) is 1. The molecular formula is C25H26N4OS. The summed E-state index contributed by atoms with van der Waals surface area (Å²) < 4.78 is 2.08. The summed E-state index contributed by atoms with van der Waals surface area (Å²) in [4.78, 5) is 22.5. The maximum atomic E-state index is 12.8. The van der Waals surface area contributed by atoms with Crippen LogP contribution in [0.25, 0.3) is 27.6 Å². The Morgan fingerprint density at radius 1 is 1.10 bits per heavy atom. The van der Waals surface area contributed by atoms with Gasteiger partial charge in [-0.25, -0.2) is 9.97 Å². The lowest BCUT2D eigenvalue weighted by molar-refractivity contribution is -0.120. The Bertz CT molecular complexity index is 1290. The van der Waals surface area contributed by atoms with E-state index in [2.05, 4.69) is 21.9 Å². The summed E-state index contributed by atoms with van der Waals surface area (Å²) in [5.41, 5.74) is 5.20. The minimum absolute atomic E-state index is 0.0499. The number of imidazole rings is 1. The molecule has 0 saturated carbocycles. The van der Waals surface area contributed by atoms with Crippen LogP contribution in [-0.4, -0.2) is 32.1 Å². The molecule has 5 nitrogen and oxygen atoms in total. The van der Waals surface area contributed by atoms with Crippen molar-refractivity contribution in [3.05, 3.63) is 60.2 Å². The van der Waals surface area contributed by atoms with Gasteiger partial charge in [-0.3, -0.25) is 9.20 Å². The van der Waals surface area contributed by atoms with Crippen LogP contribution in [-0.2, 0) is 4.79 Å². The number of para-hydroxylation sites is 3. The molecule has 4 aromatic rings. The van der Waals surface area contributed by atoms with Crippen molar-refractivity contribution >= 4 is 45.3 Å². The van der Waals surface area contributed by atoms with Crippen LogP contribution in [0.5, 0.6) is 0 Å². The summed E-state index contributed by atoms with van der Waals surface area (Å²) in [6.45, 7) is 2.64. The molecule has 5 rings (SSSR count). The molecule has 158 valence electrons. The van der Waals surface area contributed by atoms with Crippen LogP contribution in [0.3, 0.4) is 0 Å². The summed E-state index contributed by atoms with van der Waals surface area (Å²) in [5.74, 6) is 0.0499. The third kappa shape index (κ3) is 4.04.